The van der Waals surface area contributed by atoms with E-state index in [0.29, 0.717) is 17.8 Å². The van der Waals surface area contributed by atoms with Crippen LogP contribution in [0, 0.1) is 0 Å². The lowest BCUT2D eigenvalue weighted by Gasteiger charge is -2.21. The highest BCUT2D eigenvalue weighted by Gasteiger charge is 2.35. The summed E-state index contributed by atoms with van der Waals surface area (Å²) in [5, 5.41) is 25.0. The van der Waals surface area contributed by atoms with Crippen molar-refractivity contribution < 1.29 is 27.8 Å². The lowest BCUT2D eigenvalue weighted by atomic mass is 10.0. The van der Waals surface area contributed by atoms with Crippen LogP contribution in [0.15, 0.2) is 102 Å². The number of carbonyl (C=O) groups is 1. The van der Waals surface area contributed by atoms with E-state index in [4.69, 9.17) is 16.3 Å². The first-order chi connectivity index (χ1) is 22.5. The summed E-state index contributed by atoms with van der Waals surface area (Å²) >= 11 is 6.30. The van der Waals surface area contributed by atoms with Crippen LogP contribution in [0.1, 0.15) is 33.4 Å². The molecule has 3 heterocycles. The predicted molar refractivity (Wildman–Crippen MR) is 164 cm³/mol. The van der Waals surface area contributed by atoms with Gasteiger partial charge < -0.3 is 14.4 Å². The van der Waals surface area contributed by atoms with Gasteiger partial charge in [-0.1, -0.05) is 52.4 Å². The van der Waals surface area contributed by atoms with Crippen molar-refractivity contribution in [1.82, 2.24) is 34.6 Å². The number of aromatic carboxylic acids is 1. The Morgan fingerprint density at radius 2 is 1.64 bits per heavy atom. The van der Waals surface area contributed by atoms with E-state index in [9.17, 15) is 27.9 Å². The van der Waals surface area contributed by atoms with E-state index in [2.05, 4.69) is 20.6 Å². The summed E-state index contributed by atoms with van der Waals surface area (Å²) in [4.78, 5) is 25.2. The van der Waals surface area contributed by atoms with Gasteiger partial charge in [0.2, 0.25) is 0 Å². The zero-order chi connectivity index (χ0) is 33.3. The minimum absolute atomic E-state index is 0.113. The van der Waals surface area contributed by atoms with Crippen LogP contribution in [0.3, 0.4) is 0 Å². The molecule has 3 aromatic heterocycles. The van der Waals surface area contributed by atoms with E-state index >= 15 is 0 Å². The fraction of sp³-hybridized carbons (Fsp3) is 0.125. The van der Waals surface area contributed by atoms with Gasteiger partial charge >= 0.3 is 12.1 Å². The number of aromatic nitrogens is 7. The highest BCUT2D eigenvalue weighted by molar-refractivity contribution is 6.31. The summed E-state index contributed by atoms with van der Waals surface area (Å²) in [5.41, 5.74) is 1.08. The highest BCUT2D eigenvalue weighted by atomic mass is 35.5. The number of pyridine rings is 1. The molecule has 6 aromatic rings. The molecule has 15 heteroatoms. The Kier molecular flexibility index (Phi) is 8.35. The molecule has 0 saturated heterocycles. The predicted octanol–water partition coefficient (Wildman–Crippen LogP) is 5.89. The molecule has 0 amide bonds. The van der Waals surface area contributed by atoms with Crippen LogP contribution >= 0.6 is 11.6 Å². The van der Waals surface area contributed by atoms with Gasteiger partial charge in [0.15, 0.2) is 5.69 Å². The molecule has 0 bridgehead atoms. The molecule has 0 unspecified atom stereocenters. The Hall–Kier alpha value is -5.76. The monoisotopic (exact) mass is 661 g/mol. The molecule has 11 nitrogen and oxygen atoms in total. The summed E-state index contributed by atoms with van der Waals surface area (Å²) in [6.07, 6.45) is -0.482. The van der Waals surface area contributed by atoms with Crippen molar-refractivity contribution in [2.75, 3.05) is 7.11 Å². The summed E-state index contributed by atoms with van der Waals surface area (Å²) in [6, 6.07) is 20.6. The van der Waals surface area contributed by atoms with E-state index in [-0.39, 0.29) is 33.1 Å². The fourth-order valence-corrected chi connectivity index (χ4v) is 5.25. The van der Waals surface area contributed by atoms with Crippen molar-refractivity contribution in [3.8, 4) is 28.3 Å². The second-order valence-electron chi connectivity index (χ2n) is 10.4. The molecule has 1 N–H and O–H groups in total. The molecule has 0 spiro atoms. The maximum Gasteiger partial charge on any atom is 0.436 e. The average molecular weight is 662 g/mol. The summed E-state index contributed by atoms with van der Waals surface area (Å²) in [7, 11) is 1.40. The van der Waals surface area contributed by atoms with Crippen molar-refractivity contribution >= 4 is 17.6 Å². The number of carboxylic acids is 1. The average Bonchev–Trinajstić information content (AvgIpc) is 3.76. The smallest absolute Gasteiger partial charge is 0.436 e. The Labute approximate surface area is 269 Å². The maximum absolute atomic E-state index is 13.9. The van der Waals surface area contributed by atoms with E-state index in [1.807, 2.05) is 30.3 Å². The molecule has 3 aromatic carbocycles. The largest absolute Gasteiger partial charge is 0.495 e. The molecule has 238 valence electrons. The molecule has 0 aliphatic heterocycles. The summed E-state index contributed by atoms with van der Waals surface area (Å²) in [5.74, 6) is -0.841. The lowest BCUT2D eigenvalue weighted by Crippen LogP contribution is -2.27. The zero-order valence-corrected chi connectivity index (χ0v) is 25.1. The standard InChI is InChI=1S/C32H23ClF3N7O4/c1-47-28-17-41(30(44)15-24(28)23-14-21(33)9-12-26(23)43-18-29(38-40-43)32(34,35)36)27(13-19-5-3-2-4-6-19)25-16-42(39-37-25)22-10-7-20(8-11-22)31(45)46/h2-12,14-18,27H,13H2,1H3,(H,45,46)/t27-/m0/s1. The van der Waals surface area contributed by atoms with Gasteiger partial charge in [-0.25, -0.2) is 14.2 Å². The van der Waals surface area contributed by atoms with Crippen molar-refractivity contribution in [3.63, 3.8) is 0 Å². The molecule has 0 saturated carbocycles. The first-order valence-corrected chi connectivity index (χ1v) is 14.3. The third kappa shape index (κ3) is 6.49. The highest BCUT2D eigenvalue weighted by Crippen LogP contribution is 2.37. The van der Waals surface area contributed by atoms with Crippen LogP contribution in [0.2, 0.25) is 5.02 Å². The zero-order valence-electron chi connectivity index (χ0n) is 24.3. The Morgan fingerprint density at radius 1 is 0.915 bits per heavy atom. The molecular formula is C32H23ClF3N7O4. The maximum atomic E-state index is 13.9. The summed E-state index contributed by atoms with van der Waals surface area (Å²) < 4.78 is 49.5. The number of halogens is 4. The van der Waals surface area contributed by atoms with Crippen LogP contribution in [-0.4, -0.2) is 52.7 Å². The van der Waals surface area contributed by atoms with Crippen molar-refractivity contribution in [3.05, 3.63) is 135 Å². The number of rotatable bonds is 9. The van der Waals surface area contributed by atoms with Gasteiger partial charge in [0, 0.05) is 22.2 Å². The first-order valence-electron chi connectivity index (χ1n) is 13.9. The van der Waals surface area contributed by atoms with Crippen molar-refractivity contribution in [2.24, 2.45) is 0 Å². The molecule has 0 radical (unpaired) electrons. The van der Waals surface area contributed by atoms with E-state index in [0.717, 1.165) is 16.4 Å². The lowest BCUT2D eigenvalue weighted by molar-refractivity contribution is -0.141. The second kappa shape index (κ2) is 12.6. The summed E-state index contributed by atoms with van der Waals surface area (Å²) in [6.45, 7) is 0. The second-order valence-corrected chi connectivity index (χ2v) is 10.8. The number of methoxy groups -OCH3 is 1. The molecule has 0 fully saturated rings. The first kappa shape index (κ1) is 31.2. The number of hydrogen-bond donors (Lipinski definition) is 1. The van der Waals surface area contributed by atoms with Gasteiger partial charge in [0.25, 0.3) is 5.56 Å². The SMILES string of the molecule is COc1cn([C@@H](Cc2ccccc2)c2cn(-c3ccc(C(=O)O)cc3)nn2)c(=O)cc1-c1cc(Cl)ccc1-n1cc(C(F)(F)F)nn1. The van der Waals surface area contributed by atoms with Crippen molar-refractivity contribution in [1.29, 1.82) is 0 Å². The number of benzene rings is 3. The molecule has 0 aliphatic carbocycles. The number of alkyl halides is 3. The molecule has 0 aliphatic rings. The van der Waals surface area contributed by atoms with Crippen LogP contribution in [-0.2, 0) is 12.6 Å². The normalized spacial score (nSPS) is 12.2. The molecule has 47 heavy (non-hydrogen) atoms. The van der Waals surface area contributed by atoms with E-state index < -0.39 is 29.4 Å². The Morgan fingerprint density at radius 3 is 2.30 bits per heavy atom. The van der Waals surface area contributed by atoms with Crippen LogP contribution in [0.25, 0.3) is 22.5 Å². The van der Waals surface area contributed by atoms with Gasteiger partial charge in [-0.15, -0.1) is 10.2 Å². The van der Waals surface area contributed by atoms with Crippen LogP contribution in [0.4, 0.5) is 13.2 Å². The number of nitrogens with zero attached hydrogens (tertiary/aromatic N) is 7. The Balaban J connectivity index is 1.45. The fourth-order valence-electron chi connectivity index (χ4n) is 5.08. The van der Waals surface area contributed by atoms with Gasteiger partial charge in [-0.3, -0.25) is 4.79 Å². The van der Waals surface area contributed by atoms with Crippen molar-refractivity contribution in [2.45, 2.75) is 18.6 Å². The number of carboxylic acid groups (broad SMARTS) is 1. The van der Waals surface area contributed by atoms with Crippen LogP contribution < -0.4 is 10.3 Å². The van der Waals surface area contributed by atoms with Crippen LogP contribution in [0.5, 0.6) is 5.75 Å². The van der Waals surface area contributed by atoms with Gasteiger partial charge in [-0.05, 0) is 54.4 Å². The third-order valence-electron chi connectivity index (χ3n) is 7.38. The minimum Gasteiger partial charge on any atom is -0.495 e. The van der Waals surface area contributed by atoms with Gasteiger partial charge in [-0.2, -0.15) is 13.2 Å². The topological polar surface area (TPSA) is 130 Å². The number of hydrogen-bond acceptors (Lipinski definition) is 7. The molecular weight excluding hydrogens is 639 g/mol. The third-order valence-corrected chi connectivity index (χ3v) is 7.62. The van der Waals surface area contributed by atoms with E-state index in [1.54, 1.807) is 18.3 Å². The minimum atomic E-state index is -4.71. The number of ether oxygens (including phenoxy) is 1. The Bertz CT molecular complexity index is 2130. The molecule has 1 atom stereocenters. The van der Waals surface area contributed by atoms with Gasteiger partial charge in [0.1, 0.15) is 11.4 Å². The van der Waals surface area contributed by atoms with E-state index in [1.165, 1.54) is 59.0 Å². The molecule has 6 rings (SSSR count). The van der Waals surface area contributed by atoms with Gasteiger partial charge in [0.05, 0.1) is 48.7 Å². The quantitative estimate of drug-likeness (QED) is 0.203.